The number of benzene rings is 1. The van der Waals surface area contributed by atoms with E-state index in [1.807, 2.05) is 0 Å². The highest BCUT2D eigenvalue weighted by molar-refractivity contribution is 5.81. The van der Waals surface area contributed by atoms with Crippen LogP contribution in [-0.2, 0) is 9.53 Å². The normalized spacial score (nSPS) is 36.6. The van der Waals surface area contributed by atoms with Gasteiger partial charge in [0.2, 0.25) is 5.91 Å². The van der Waals surface area contributed by atoms with Crippen molar-refractivity contribution >= 4 is 12.0 Å². The van der Waals surface area contributed by atoms with Gasteiger partial charge < -0.3 is 15.0 Å². The Morgan fingerprint density at radius 2 is 1.81 bits per heavy atom. The topological polar surface area (TPSA) is 58.6 Å². The van der Waals surface area contributed by atoms with Crippen LogP contribution in [0.15, 0.2) is 24.3 Å². The third kappa shape index (κ3) is 2.82. The SMILES string of the molecule is COC(=O)NC1CC(C(=O)N2CC3C(c4ccc(C5CC5)cc4)C3(C)C2)C1. The quantitative estimate of drug-likeness (QED) is 0.887. The summed E-state index contributed by atoms with van der Waals surface area (Å²) in [6.45, 7) is 4.10. The van der Waals surface area contributed by atoms with Crippen LogP contribution < -0.4 is 5.32 Å². The van der Waals surface area contributed by atoms with E-state index in [2.05, 4.69) is 46.1 Å². The third-order valence-corrected chi connectivity index (χ3v) is 7.45. The molecule has 0 aromatic heterocycles. The Morgan fingerprint density at radius 1 is 1.15 bits per heavy atom. The Hall–Kier alpha value is -2.04. The van der Waals surface area contributed by atoms with Crippen molar-refractivity contribution in [2.24, 2.45) is 17.3 Å². The molecule has 3 aliphatic carbocycles. The van der Waals surface area contributed by atoms with Crippen molar-refractivity contribution < 1.29 is 14.3 Å². The van der Waals surface area contributed by atoms with Gasteiger partial charge in [0.25, 0.3) is 0 Å². The number of hydrogen-bond donors (Lipinski definition) is 1. The van der Waals surface area contributed by atoms with Crippen LogP contribution >= 0.6 is 0 Å². The number of carbonyl (C=O) groups is 2. The summed E-state index contributed by atoms with van der Waals surface area (Å²) in [6.07, 6.45) is 3.75. The van der Waals surface area contributed by atoms with Crippen LogP contribution in [0.25, 0.3) is 0 Å². The van der Waals surface area contributed by atoms with E-state index in [0.717, 1.165) is 31.8 Å². The molecular formula is C22H28N2O3. The molecule has 3 unspecified atom stereocenters. The van der Waals surface area contributed by atoms with Crippen LogP contribution in [0.3, 0.4) is 0 Å². The monoisotopic (exact) mass is 368 g/mol. The summed E-state index contributed by atoms with van der Waals surface area (Å²) in [6, 6.07) is 9.36. The van der Waals surface area contributed by atoms with E-state index in [-0.39, 0.29) is 23.3 Å². The zero-order valence-electron chi connectivity index (χ0n) is 16.1. The molecule has 0 radical (unpaired) electrons. The van der Waals surface area contributed by atoms with E-state index >= 15 is 0 Å². The predicted molar refractivity (Wildman–Crippen MR) is 101 cm³/mol. The molecule has 5 rings (SSSR count). The molecule has 144 valence electrons. The lowest BCUT2D eigenvalue weighted by molar-refractivity contribution is -0.138. The van der Waals surface area contributed by atoms with Crippen LogP contribution in [0.1, 0.15) is 55.6 Å². The molecule has 1 aromatic carbocycles. The van der Waals surface area contributed by atoms with Crippen molar-refractivity contribution in [1.82, 2.24) is 10.2 Å². The smallest absolute Gasteiger partial charge is 0.407 e. The fourth-order valence-electron chi connectivity index (χ4n) is 5.50. The van der Waals surface area contributed by atoms with Gasteiger partial charge in [-0.05, 0) is 60.0 Å². The first-order chi connectivity index (χ1) is 13.0. The number of rotatable bonds is 4. The van der Waals surface area contributed by atoms with Crippen molar-refractivity contribution in [2.75, 3.05) is 20.2 Å². The Morgan fingerprint density at radius 3 is 2.37 bits per heavy atom. The van der Waals surface area contributed by atoms with E-state index < -0.39 is 6.09 Å². The Kier molecular flexibility index (Phi) is 3.78. The first-order valence-corrected chi connectivity index (χ1v) is 10.2. The Balaban J connectivity index is 1.15. The van der Waals surface area contributed by atoms with Gasteiger partial charge in [-0.3, -0.25) is 4.79 Å². The molecule has 2 amide bonds. The highest BCUT2D eigenvalue weighted by Crippen LogP contribution is 2.68. The summed E-state index contributed by atoms with van der Waals surface area (Å²) in [7, 11) is 1.36. The zero-order chi connectivity index (χ0) is 18.8. The molecule has 1 saturated heterocycles. The van der Waals surface area contributed by atoms with E-state index in [4.69, 9.17) is 0 Å². The summed E-state index contributed by atoms with van der Waals surface area (Å²) < 4.78 is 4.62. The minimum absolute atomic E-state index is 0.0598. The van der Waals surface area contributed by atoms with E-state index in [1.54, 1.807) is 0 Å². The van der Waals surface area contributed by atoms with Gasteiger partial charge in [0.05, 0.1) is 7.11 Å². The average Bonchev–Trinajstić information content (AvgIpc) is 3.54. The molecule has 4 fully saturated rings. The highest BCUT2D eigenvalue weighted by atomic mass is 16.5. The van der Waals surface area contributed by atoms with Gasteiger partial charge in [-0.15, -0.1) is 0 Å². The van der Waals surface area contributed by atoms with E-state index in [1.165, 1.54) is 31.1 Å². The standard InChI is InChI=1S/C22H28N2O3/c1-22-12-24(20(25)16-9-17(10-16)23-21(26)27-2)11-18(22)19(22)15-7-5-14(6-8-15)13-3-4-13/h5-8,13,16-19H,3-4,9-12H2,1-2H3,(H,23,26). The van der Waals surface area contributed by atoms with Crippen molar-refractivity contribution in [1.29, 1.82) is 0 Å². The molecule has 0 spiro atoms. The minimum atomic E-state index is -0.406. The van der Waals surface area contributed by atoms with Crippen molar-refractivity contribution in [3.05, 3.63) is 35.4 Å². The fraction of sp³-hybridized carbons (Fsp3) is 0.636. The first kappa shape index (κ1) is 17.1. The molecule has 27 heavy (non-hydrogen) atoms. The van der Waals surface area contributed by atoms with E-state index in [9.17, 15) is 9.59 Å². The number of nitrogens with one attached hydrogen (secondary N) is 1. The van der Waals surface area contributed by atoms with Crippen LogP contribution in [0.4, 0.5) is 4.79 Å². The van der Waals surface area contributed by atoms with Crippen LogP contribution in [0.2, 0.25) is 0 Å². The number of amides is 2. The summed E-state index contributed by atoms with van der Waals surface area (Å²) in [5.74, 6) is 2.34. The maximum Gasteiger partial charge on any atom is 0.407 e. The number of methoxy groups -OCH3 is 1. The number of fused-ring (bicyclic) bond motifs is 1. The molecule has 5 heteroatoms. The second-order valence-electron chi connectivity index (χ2n) is 9.25. The predicted octanol–water partition coefficient (Wildman–Crippen LogP) is 3.26. The largest absolute Gasteiger partial charge is 0.453 e. The molecule has 1 heterocycles. The molecule has 3 atom stereocenters. The molecular weight excluding hydrogens is 340 g/mol. The van der Waals surface area contributed by atoms with Crippen LogP contribution in [0, 0.1) is 17.3 Å². The fourth-order valence-corrected chi connectivity index (χ4v) is 5.50. The number of piperidine rings is 1. The number of hydrogen-bond acceptors (Lipinski definition) is 3. The summed E-state index contributed by atoms with van der Waals surface area (Å²) in [5.41, 5.74) is 3.18. The van der Waals surface area contributed by atoms with Gasteiger partial charge in [0, 0.05) is 25.0 Å². The Bertz CT molecular complexity index is 766. The second kappa shape index (κ2) is 5.98. The number of carbonyl (C=O) groups excluding carboxylic acids is 2. The lowest BCUT2D eigenvalue weighted by Crippen LogP contribution is -2.50. The number of ether oxygens (including phenoxy) is 1. The first-order valence-electron chi connectivity index (χ1n) is 10.2. The number of alkyl carbamates (subject to hydrolysis) is 1. The maximum atomic E-state index is 12.8. The maximum absolute atomic E-state index is 12.8. The molecule has 5 nitrogen and oxygen atoms in total. The summed E-state index contributed by atoms with van der Waals surface area (Å²) in [4.78, 5) is 26.1. The molecule has 4 aliphatic rings. The molecule has 0 bridgehead atoms. The summed E-state index contributed by atoms with van der Waals surface area (Å²) >= 11 is 0. The van der Waals surface area contributed by atoms with Crippen molar-refractivity contribution in [2.45, 2.75) is 50.5 Å². The lowest BCUT2D eigenvalue weighted by Gasteiger charge is -2.37. The van der Waals surface area contributed by atoms with Gasteiger partial charge in [-0.1, -0.05) is 31.2 Å². The molecule has 1 aromatic rings. The highest BCUT2D eigenvalue weighted by Gasteiger charge is 2.67. The van der Waals surface area contributed by atoms with Gasteiger partial charge in [-0.25, -0.2) is 4.79 Å². The molecule has 1 N–H and O–H groups in total. The van der Waals surface area contributed by atoms with Gasteiger partial charge in [0.15, 0.2) is 0 Å². The third-order valence-electron chi connectivity index (χ3n) is 7.45. The van der Waals surface area contributed by atoms with Crippen molar-refractivity contribution in [3.8, 4) is 0 Å². The molecule has 3 saturated carbocycles. The van der Waals surface area contributed by atoms with Gasteiger partial charge >= 0.3 is 6.09 Å². The molecule has 1 aliphatic heterocycles. The van der Waals surface area contributed by atoms with Gasteiger partial charge in [-0.2, -0.15) is 0 Å². The Labute approximate surface area is 160 Å². The number of nitrogens with zero attached hydrogens (tertiary/aromatic N) is 1. The average molecular weight is 368 g/mol. The number of likely N-dealkylation sites (tertiary alicyclic amines) is 1. The van der Waals surface area contributed by atoms with E-state index in [0.29, 0.717) is 11.8 Å². The zero-order valence-corrected chi connectivity index (χ0v) is 16.1. The van der Waals surface area contributed by atoms with Gasteiger partial charge in [0.1, 0.15) is 0 Å². The van der Waals surface area contributed by atoms with Crippen LogP contribution in [0.5, 0.6) is 0 Å². The van der Waals surface area contributed by atoms with Crippen LogP contribution in [-0.4, -0.2) is 43.1 Å². The lowest BCUT2D eigenvalue weighted by atomic mass is 9.79. The second-order valence-corrected chi connectivity index (χ2v) is 9.25. The minimum Gasteiger partial charge on any atom is -0.453 e. The van der Waals surface area contributed by atoms with Crippen molar-refractivity contribution in [3.63, 3.8) is 0 Å². The summed E-state index contributed by atoms with van der Waals surface area (Å²) in [5, 5.41) is 2.78.